The van der Waals surface area contributed by atoms with Gasteiger partial charge in [0.1, 0.15) is 6.54 Å². The van der Waals surface area contributed by atoms with Crippen LogP contribution in [-0.4, -0.2) is 46.8 Å². The minimum Gasteiger partial charge on any atom is -0.395 e. The largest absolute Gasteiger partial charge is 0.395 e. The molecule has 0 unspecified atom stereocenters. The number of anilines is 1. The lowest BCUT2D eigenvalue weighted by atomic mass is 10.1. The lowest BCUT2D eigenvalue weighted by Gasteiger charge is -2.23. The number of aliphatic hydroxyl groups excluding tert-OH is 1. The van der Waals surface area contributed by atoms with Crippen molar-refractivity contribution in [1.82, 2.24) is 4.90 Å². The summed E-state index contributed by atoms with van der Waals surface area (Å²) in [7, 11) is 0. The molecule has 28 heavy (non-hydrogen) atoms. The number of nitrogens with zero attached hydrogens (tertiary/aromatic N) is 2. The zero-order valence-corrected chi connectivity index (χ0v) is 16.2. The maximum absolute atomic E-state index is 12.7. The fraction of sp³-hybridized carbons (Fsp3) is 0.190. The number of hydrogen-bond donors (Lipinski definition) is 1. The van der Waals surface area contributed by atoms with Crippen molar-refractivity contribution in [3.63, 3.8) is 0 Å². The van der Waals surface area contributed by atoms with Crippen LogP contribution in [0.4, 0.5) is 10.5 Å². The number of carbonyl (C=O) groups excluding carboxylic acids is 3. The van der Waals surface area contributed by atoms with Crippen LogP contribution in [0.2, 0.25) is 0 Å². The highest BCUT2D eigenvalue weighted by Gasteiger charge is 2.37. The van der Waals surface area contributed by atoms with Crippen molar-refractivity contribution in [3.05, 3.63) is 70.6 Å². The first-order valence-corrected chi connectivity index (χ1v) is 9.59. The molecule has 1 N–H and O–H groups in total. The van der Waals surface area contributed by atoms with E-state index in [-0.39, 0.29) is 24.6 Å². The Labute approximate surface area is 167 Å². The van der Waals surface area contributed by atoms with Gasteiger partial charge in [-0.2, -0.15) is 0 Å². The van der Waals surface area contributed by atoms with Crippen LogP contribution < -0.4 is 4.90 Å². The minimum atomic E-state index is -0.484. The van der Waals surface area contributed by atoms with Crippen molar-refractivity contribution in [2.45, 2.75) is 6.92 Å². The highest BCUT2D eigenvalue weighted by molar-refractivity contribution is 8.18. The van der Waals surface area contributed by atoms with Crippen molar-refractivity contribution in [2.75, 3.05) is 24.6 Å². The number of aryl methyl sites for hydroxylation is 1. The summed E-state index contributed by atoms with van der Waals surface area (Å²) < 4.78 is 0. The summed E-state index contributed by atoms with van der Waals surface area (Å²) in [5.74, 6) is -0.916. The Balaban J connectivity index is 1.77. The summed E-state index contributed by atoms with van der Waals surface area (Å²) in [6.07, 6.45) is 1.66. The van der Waals surface area contributed by atoms with Crippen LogP contribution in [-0.2, 0) is 9.59 Å². The van der Waals surface area contributed by atoms with Gasteiger partial charge < -0.3 is 10.0 Å². The van der Waals surface area contributed by atoms with Gasteiger partial charge in [0, 0.05) is 12.2 Å². The predicted octanol–water partition coefficient (Wildman–Crippen LogP) is 3.06. The summed E-state index contributed by atoms with van der Waals surface area (Å²) in [4.78, 5) is 40.3. The Morgan fingerprint density at radius 1 is 1.14 bits per heavy atom. The first kappa shape index (κ1) is 19.9. The third-order valence-electron chi connectivity index (χ3n) is 4.20. The van der Waals surface area contributed by atoms with Crippen LogP contribution in [0.25, 0.3) is 6.08 Å². The number of amides is 3. The summed E-state index contributed by atoms with van der Waals surface area (Å²) in [5.41, 5.74) is 2.47. The van der Waals surface area contributed by atoms with Gasteiger partial charge >= 0.3 is 0 Å². The normalized spacial score (nSPS) is 15.4. The second-order valence-corrected chi connectivity index (χ2v) is 7.28. The molecule has 1 fully saturated rings. The number of para-hydroxylation sites is 1. The molecule has 3 rings (SSSR count). The van der Waals surface area contributed by atoms with Crippen LogP contribution >= 0.6 is 11.8 Å². The van der Waals surface area contributed by atoms with Crippen LogP contribution in [0.15, 0.2) is 59.5 Å². The molecule has 0 bridgehead atoms. The molecule has 0 aromatic heterocycles. The Bertz CT molecular complexity index is 927. The Hall–Kier alpha value is -2.90. The van der Waals surface area contributed by atoms with Gasteiger partial charge in [-0.05, 0) is 42.5 Å². The Kier molecular flexibility index (Phi) is 6.28. The van der Waals surface area contributed by atoms with Crippen LogP contribution in [0.3, 0.4) is 0 Å². The highest BCUT2D eigenvalue weighted by atomic mass is 32.2. The van der Waals surface area contributed by atoms with Gasteiger partial charge in [0.15, 0.2) is 0 Å². The molecule has 1 aliphatic heterocycles. The number of rotatable bonds is 6. The number of aliphatic hydroxyl groups is 1. The number of imide groups is 1. The van der Waals surface area contributed by atoms with E-state index in [9.17, 15) is 19.5 Å². The molecule has 0 atom stereocenters. The Morgan fingerprint density at radius 2 is 1.89 bits per heavy atom. The summed E-state index contributed by atoms with van der Waals surface area (Å²) in [6, 6.07) is 16.4. The van der Waals surface area contributed by atoms with Crippen LogP contribution in [0.5, 0.6) is 0 Å². The maximum atomic E-state index is 12.7. The SMILES string of the molecule is Cc1cccc(/C=C2\SC(=O)N(CC(=O)N(CCO)c3ccccc3)C2=O)c1. The molecule has 7 heteroatoms. The third kappa shape index (κ3) is 4.49. The maximum Gasteiger partial charge on any atom is 0.294 e. The molecule has 1 heterocycles. The number of thioether (sulfide) groups is 1. The van der Waals surface area contributed by atoms with Gasteiger partial charge in [-0.3, -0.25) is 19.3 Å². The summed E-state index contributed by atoms with van der Waals surface area (Å²) >= 11 is 0.824. The molecule has 1 aliphatic rings. The first-order valence-electron chi connectivity index (χ1n) is 8.78. The lowest BCUT2D eigenvalue weighted by molar-refractivity contribution is -0.128. The average molecular weight is 396 g/mol. The lowest BCUT2D eigenvalue weighted by Crippen LogP contribution is -2.43. The molecule has 2 aromatic carbocycles. The third-order valence-corrected chi connectivity index (χ3v) is 5.11. The Morgan fingerprint density at radius 3 is 2.57 bits per heavy atom. The monoisotopic (exact) mass is 396 g/mol. The predicted molar refractivity (Wildman–Crippen MR) is 110 cm³/mol. The molecule has 0 radical (unpaired) electrons. The zero-order chi connectivity index (χ0) is 20.1. The van der Waals surface area contributed by atoms with E-state index in [1.807, 2.05) is 37.3 Å². The van der Waals surface area contributed by atoms with E-state index < -0.39 is 17.1 Å². The van der Waals surface area contributed by atoms with Gasteiger partial charge in [-0.25, -0.2) is 0 Å². The van der Waals surface area contributed by atoms with E-state index in [1.54, 1.807) is 30.3 Å². The van der Waals surface area contributed by atoms with Gasteiger partial charge in [-0.1, -0.05) is 48.0 Å². The van der Waals surface area contributed by atoms with Crippen molar-refractivity contribution < 1.29 is 19.5 Å². The van der Waals surface area contributed by atoms with Gasteiger partial charge in [0.05, 0.1) is 11.5 Å². The topological polar surface area (TPSA) is 77.9 Å². The summed E-state index contributed by atoms with van der Waals surface area (Å²) in [6.45, 7) is 1.43. The molecular weight excluding hydrogens is 376 g/mol. The molecule has 2 aromatic rings. The second kappa shape index (κ2) is 8.86. The van der Waals surface area contributed by atoms with Crippen molar-refractivity contribution >= 4 is 40.6 Å². The standard InChI is InChI=1S/C21H20N2O4S/c1-15-6-5-7-16(12-15)13-18-20(26)23(21(27)28-18)14-19(25)22(10-11-24)17-8-3-2-4-9-17/h2-9,12-13,24H,10-11,14H2,1H3/b18-13-. The van der Waals surface area contributed by atoms with E-state index in [2.05, 4.69) is 0 Å². The number of benzene rings is 2. The van der Waals surface area contributed by atoms with Crippen LogP contribution in [0, 0.1) is 6.92 Å². The number of carbonyl (C=O) groups is 3. The van der Waals surface area contributed by atoms with E-state index >= 15 is 0 Å². The van der Waals surface area contributed by atoms with E-state index in [4.69, 9.17) is 0 Å². The first-order chi connectivity index (χ1) is 13.5. The van der Waals surface area contributed by atoms with Crippen LogP contribution in [0.1, 0.15) is 11.1 Å². The smallest absolute Gasteiger partial charge is 0.294 e. The second-order valence-electron chi connectivity index (χ2n) is 6.29. The average Bonchev–Trinajstić information content (AvgIpc) is 2.94. The van der Waals surface area contributed by atoms with Crippen molar-refractivity contribution in [2.24, 2.45) is 0 Å². The van der Waals surface area contributed by atoms with Gasteiger partial charge in [0.25, 0.3) is 11.1 Å². The highest BCUT2D eigenvalue weighted by Crippen LogP contribution is 2.32. The molecule has 3 amide bonds. The molecule has 1 saturated heterocycles. The van der Waals surface area contributed by atoms with Gasteiger partial charge in [0.2, 0.25) is 5.91 Å². The minimum absolute atomic E-state index is 0.0815. The molecular formula is C21H20N2O4S. The zero-order valence-electron chi connectivity index (χ0n) is 15.4. The number of hydrogen-bond acceptors (Lipinski definition) is 5. The molecule has 0 saturated carbocycles. The van der Waals surface area contributed by atoms with E-state index in [1.165, 1.54) is 4.90 Å². The van der Waals surface area contributed by atoms with E-state index in [0.717, 1.165) is 27.8 Å². The summed E-state index contributed by atoms with van der Waals surface area (Å²) in [5, 5.41) is 8.81. The fourth-order valence-corrected chi connectivity index (χ4v) is 3.71. The fourth-order valence-electron chi connectivity index (χ4n) is 2.87. The molecule has 0 spiro atoms. The van der Waals surface area contributed by atoms with Crippen molar-refractivity contribution in [1.29, 1.82) is 0 Å². The molecule has 144 valence electrons. The van der Waals surface area contributed by atoms with Gasteiger partial charge in [-0.15, -0.1) is 0 Å². The quantitative estimate of drug-likeness (QED) is 0.760. The molecule has 0 aliphatic carbocycles. The van der Waals surface area contributed by atoms with Crippen molar-refractivity contribution in [3.8, 4) is 0 Å². The molecule has 6 nitrogen and oxygen atoms in total. The van der Waals surface area contributed by atoms with E-state index in [0.29, 0.717) is 5.69 Å².